The van der Waals surface area contributed by atoms with Crippen LogP contribution in [0.25, 0.3) is 6.08 Å². The van der Waals surface area contributed by atoms with Crippen LogP contribution in [0.5, 0.6) is 0 Å². The van der Waals surface area contributed by atoms with Gasteiger partial charge in [0.2, 0.25) is 11.8 Å². The van der Waals surface area contributed by atoms with E-state index in [1.807, 2.05) is 0 Å². The molecule has 0 aliphatic heterocycles. The van der Waals surface area contributed by atoms with Crippen molar-refractivity contribution in [1.29, 1.82) is 0 Å². The average Bonchev–Trinajstić information content (AvgIpc) is 3.29. The summed E-state index contributed by atoms with van der Waals surface area (Å²) in [5.41, 5.74) is 0.682. The van der Waals surface area contributed by atoms with Crippen LogP contribution in [-0.2, 0) is 9.59 Å². The molecular formula is C15H16Cl2N2O2. The molecule has 0 unspecified atom stereocenters. The highest BCUT2D eigenvalue weighted by molar-refractivity contribution is 6.42. The smallest absolute Gasteiger partial charge is 0.244 e. The fourth-order valence-corrected chi connectivity index (χ4v) is 2.11. The molecule has 0 bridgehead atoms. The molecule has 2 rings (SSSR count). The van der Waals surface area contributed by atoms with E-state index < -0.39 is 0 Å². The molecule has 1 aromatic rings. The lowest BCUT2D eigenvalue weighted by molar-refractivity contribution is -0.122. The van der Waals surface area contributed by atoms with Gasteiger partial charge in [-0.2, -0.15) is 0 Å². The molecule has 0 atom stereocenters. The largest absolute Gasteiger partial charge is 0.354 e. The number of benzene rings is 1. The normalized spacial score (nSPS) is 14.2. The third kappa shape index (κ3) is 5.06. The predicted octanol–water partition coefficient (Wildman–Crippen LogP) is 2.65. The highest BCUT2D eigenvalue weighted by Crippen LogP contribution is 2.28. The number of nitrogens with one attached hydrogen (secondary N) is 2. The Bertz CT molecular complexity index is 569. The topological polar surface area (TPSA) is 58.2 Å². The van der Waals surface area contributed by atoms with Crippen LogP contribution in [-0.4, -0.2) is 24.9 Å². The standard InChI is InChI=1S/C15H16Cl2N2O2/c16-12-3-1-2-10(14(12)17)6-7-13(20)18-8-9-19-15(21)11-4-5-11/h1-3,6-7,11H,4-5,8-9H2,(H,18,20)(H,19,21)/b7-6+. The minimum Gasteiger partial charge on any atom is -0.354 e. The Hall–Kier alpha value is -1.52. The van der Waals surface area contributed by atoms with Crippen LogP contribution in [0.4, 0.5) is 0 Å². The minimum absolute atomic E-state index is 0.0745. The average molecular weight is 327 g/mol. The number of halogens is 2. The summed E-state index contributed by atoms with van der Waals surface area (Å²) in [5, 5.41) is 6.32. The molecule has 0 aromatic heterocycles. The van der Waals surface area contributed by atoms with E-state index in [-0.39, 0.29) is 17.7 Å². The predicted molar refractivity (Wildman–Crippen MR) is 84.2 cm³/mol. The number of hydrogen-bond donors (Lipinski definition) is 2. The molecule has 1 aromatic carbocycles. The summed E-state index contributed by atoms with van der Waals surface area (Å²) in [4.78, 5) is 23.0. The summed E-state index contributed by atoms with van der Waals surface area (Å²) < 4.78 is 0. The maximum Gasteiger partial charge on any atom is 0.244 e. The number of hydrogen-bond acceptors (Lipinski definition) is 2. The molecule has 1 aliphatic rings. The van der Waals surface area contributed by atoms with Crippen molar-refractivity contribution >= 4 is 41.1 Å². The van der Waals surface area contributed by atoms with E-state index in [0.717, 1.165) is 12.8 Å². The van der Waals surface area contributed by atoms with Crippen LogP contribution >= 0.6 is 23.2 Å². The fraction of sp³-hybridized carbons (Fsp3) is 0.333. The van der Waals surface area contributed by atoms with Crippen molar-refractivity contribution in [3.63, 3.8) is 0 Å². The van der Waals surface area contributed by atoms with Gasteiger partial charge in [0.1, 0.15) is 0 Å². The van der Waals surface area contributed by atoms with Gasteiger partial charge in [0.25, 0.3) is 0 Å². The zero-order chi connectivity index (χ0) is 15.2. The summed E-state index contributed by atoms with van der Waals surface area (Å²) >= 11 is 11.9. The second kappa shape index (κ2) is 7.48. The number of carbonyl (C=O) groups excluding carboxylic acids is 2. The summed E-state index contributed by atoms with van der Waals surface area (Å²) in [7, 11) is 0. The van der Waals surface area contributed by atoms with Gasteiger partial charge in [0.15, 0.2) is 0 Å². The zero-order valence-corrected chi connectivity index (χ0v) is 12.9. The van der Waals surface area contributed by atoms with Gasteiger partial charge >= 0.3 is 0 Å². The Balaban J connectivity index is 1.72. The second-order valence-corrected chi connectivity index (χ2v) is 5.62. The zero-order valence-electron chi connectivity index (χ0n) is 11.4. The quantitative estimate of drug-likeness (QED) is 0.623. The first-order chi connectivity index (χ1) is 10.1. The Morgan fingerprint density at radius 1 is 1.19 bits per heavy atom. The summed E-state index contributed by atoms with van der Waals surface area (Å²) in [6, 6.07) is 5.22. The molecule has 1 fully saturated rings. The molecule has 0 saturated heterocycles. The molecule has 2 N–H and O–H groups in total. The Labute approximate surface area is 133 Å². The van der Waals surface area contributed by atoms with Crippen molar-refractivity contribution in [2.75, 3.05) is 13.1 Å². The van der Waals surface area contributed by atoms with Gasteiger partial charge in [-0.25, -0.2) is 0 Å². The maximum atomic E-state index is 11.6. The summed E-state index contributed by atoms with van der Waals surface area (Å²) in [6.45, 7) is 0.831. The fourth-order valence-electron chi connectivity index (χ4n) is 1.73. The van der Waals surface area contributed by atoms with Crippen molar-refractivity contribution in [1.82, 2.24) is 10.6 Å². The van der Waals surface area contributed by atoms with Gasteiger partial charge in [-0.1, -0.05) is 35.3 Å². The van der Waals surface area contributed by atoms with Crippen molar-refractivity contribution in [2.45, 2.75) is 12.8 Å². The molecule has 4 nitrogen and oxygen atoms in total. The summed E-state index contributed by atoms with van der Waals surface area (Å²) in [5.74, 6) is 0.0165. The monoisotopic (exact) mass is 326 g/mol. The Morgan fingerprint density at radius 2 is 1.90 bits per heavy atom. The van der Waals surface area contributed by atoms with Gasteiger partial charge in [0, 0.05) is 25.1 Å². The van der Waals surface area contributed by atoms with E-state index in [4.69, 9.17) is 23.2 Å². The van der Waals surface area contributed by atoms with Crippen LogP contribution in [0.3, 0.4) is 0 Å². The van der Waals surface area contributed by atoms with Crippen LogP contribution in [0, 0.1) is 5.92 Å². The van der Waals surface area contributed by atoms with E-state index in [9.17, 15) is 9.59 Å². The molecule has 2 amide bonds. The first-order valence-electron chi connectivity index (χ1n) is 6.75. The number of rotatable bonds is 6. The summed E-state index contributed by atoms with van der Waals surface area (Å²) in [6.07, 6.45) is 4.94. The van der Waals surface area contributed by atoms with Gasteiger partial charge in [-0.3, -0.25) is 9.59 Å². The van der Waals surface area contributed by atoms with Crippen LogP contribution in [0.1, 0.15) is 18.4 Å². The first-order valence-corrected chi connectivity index (χ1v) is 7.51. The van der Waals surface area contributed by atoms with E-state index in [1.54, 1.807) is 24.3 Å². The molecule has 21 heavy (non-hydrogen) atoms. The van der Waals surface area contributed by atoms with Crippen molar-refractivity contribution in [2.24, 2.45) is 5.92 Å². The molecule has 0 heterocycles. The van der Waals surface area contributed by atoms with Gasteiger partial charge < -0.3 is 10.6 Å². The number of amides is 2. The van der Waals surface area contributed by atoms with E-state index in [2.05, 4.69) is 10.6 Å². The SMILES string of the molecule is O=C(/C=C/c1cccc(Cl)c1Cl)NCCNC(=O)C1CC1. The van der Waals surface area contributed by atoms with Crippen molar-refractivity contribution in [3.8, 4) is 0 Å². The molecule has 6 heteroatoms. The molecular weight excluding hydrogens is 311 g/mol. The van der Waals surface area contributed by atoms with Gasteiger partial charge in [0.05, 0.1) is 10.0 Å². The number of carbonyl (C=O) groups is 2. The molecule has 0 spiro atoms. The van der Waals surface area contributed by atoms with Gasteiger partial charge in [-0.15, -0.1) is 0 Å². The molecule has 112 valence electrons. The lowest BCUT2D eigenvalue weighted by Crippen LogP contribution is -2.34. The third-order valence-corrected chi connectivity index (χ3v) is 3.90. The maximum absolute atomic E-state index is 11.6. The van der Waals surface area contributed by atoms with Crippen molar-refractivity contribution in [3.05, 3.63) is 39.9 Å². The first kappa shape index (κ1) is 15.9. The second-order valence-electron chi connectivity index (χ2n) is 4.83. The highest BCUT2D eigenvalue weighted by Gasteiger charge is 2.28. The van der Waals surface area contributed by atoms with Crippen molar-refractivity contribution < 1.29 is 9.59 Å². The van der Waals surface area contributed by atoms with Crippen LogP contribution < -0.4 is 10.6 Å². The lowest BCUT2D eigenvalue weighted by Gasteiger charge is -2.04. The molecule has 1 aliphatic carbocycles. The highest BCUT2D eigenvalue weighted by atomic mass is 35.5. The van der Waals surface area contributed by atoms with E-state index in [1.165, 1.54) is 6.08 Å². The third-order valence-electron chi connectivity index (χ3n) is 3.07. The Kier molecular flexibility index (Phi) is 5.65. The van der Waals surface area contributed by atoms with Gasteiger partial charge in [-0.05, 0) is 30.5 Å². The van der Waals surface area contributed by atoms with E-state index >= 15 is 0 Å². The van der Waals surface area contributed by atoms with E-state index in [0.29, 0.717) is 28.7 Å². The molecule has 0 radical (unpaired) electrons. The Morgan fingerprint density at radius 3 is 2.62 bits per heavy atom. The van der Waals surface area contributed by atoms with Crippen LogP contribution in [0.2, 0.25) is 10.0 Å². The lowest BCUT2D eigenvalue weighted by atomic mass is 10.2. The van der Waals surface area contributed by atoms with Crippen LogP contribution in [0.15, 0.2) is 24.3 Å². The molecule has 1 saturated carbocycles. The minimum atomic E-state index is -0.244.